The second-order valence-corrected chi connectivity index (χ2v) is 0.697. The molecule has 5 heavy (non-hydrogen) atoms. The molecule has 1 heteroatoms. The Morgan fingerprint density at radius 2 is 2.00 bits per heavy atom. The molecule has 0 nitrogen and oxygen atoms in total. The smallest absolute Gasteiger partial charge is 0 e. The van der Waals surface area contributed by atoms with E-state index in [1.54, 1.807) is 0 Å². The van der Waals surface area contributed by atoms with E-state index in [9.17, 15) is 0 Å². The molecule has 0 N–H and O–H groups in total. The Morgan fingerprint density at radius 1 is 1.80 bits per heavy atom. The zero-order chi connectivity index (χ0) is 3.41. The normalized spacial score (nSPS) is 5.00. The Labute approximate surface area is 65.3 Å². The van der Waals surface area contributed by atoms with Crippen molar-refractivity contribution in [1.82, 2.24) is 0 Å². The van der Waals surface area contributed by atoms with Gasteiger partial charge < -0.3 is 0 Å². The van der Waals surface area contributed by atoms with Crippen molar-refractivity contribution in [1.29, 1.82) is 0 Å². The van der Waals surface area contributed by atoms with Crippen molar-refractivity contribution < 1.29 is 39.9 Å². The maximum absolute atomic E-state index is 3.48. The van der Waals surface area contributed by atoms with Gasteiger partial charge in [0.05, 0.1) is 0 Å². The van der Waals surface area contributed by atoms with Crippen molar-refractivity contribution in [2.24, 2.45) is 0 Å². The number of rotatable bonds is 1. The average molecular weight is 288 g/mol. The molecule has 0 aliphatic heterocycles. The standard InChI is InChI=1S/C4H8.Th/c1-3-4-2;/h3H,1,4H2,2H3;. The summed E-state index contributed by atoms with van der Waals surface area (Å²) in [6.07, 6.45) is 2.96. The molecule has 0 spiro atoms. The van der Waals surface area contributed by atoms with Crippen LogP contribution in [0, 0.1) is 39.9 Å². The van der Waals surface area contributed by atoms with Crippen LogP contribution in [0.4, 0.5) is 0 Å². The van der Waals surface area contributed by atoms with Crippen LogP contribution in [0.15, 0.2) is 12.7 Å². The van der Waals surface area contributed by atoms with Crippen molar-refractivity contribution in [3.05, 3.63) is 12.7 Å². The summed E-state index contributed by atoms with van der Waals surface area (Å²) in [6.45, 7) is 5.54. The molecule has 0 rings (SSSR count). The minimum absolute atomic E-state index is 0. The fourth-order valence-corrected chi connectivity index (χ4v) is 0. The third-order valence-corrected chi connectivity index (χ3v) is 0.289. The molecule has 0 aromatic heterocycles. The summed E-state index contributed by atoms with van der Waals surface area (Å²) >= 11 is 0. The Kier molecular flexibility index (Phi) is 16.8. The van der Waals surface area contributed by atoms with Gasteiger partial charge in [0.15, 0.2) is 0 Å². The van der Waals surface area contributed by atoms with E-state index in [-0.39, 0.29) is 39.9 Å². The van der Waals surface area contributed by atoms with Crippen LogP contribution in [-0.4, -0.2) is 0 Å². The second-order valence-electron chi connectivity index (χ2n) is 0.697. The molecular formula is C4H8Th. The molecule has 0 unspecified atom stereocenters. The van der Waals surface area contributed by atoms with Crippen molar-refractivity contribution in [2.45, 2.75) is 13.3 Å². The van der Waals surface area contributed by atoms with Gasteiger partial charge in [-0.2, -0.15) is 0 Å². The van der Waals surface area contributed by atoms with Crippen LogP contribution in [0.3, 0.4) is 0 Å². The first-order valence-electron chi connectivity index (χ1n) is 1.52. The summed E-state index contributed by atoms with van der Waals surface area (Å²) < 4.78 is 0. The molecular weight excluding hydrogens is 280 g/mol. The van der Waals surface area contributed by atoms with Crippen LogP contribution >= 0.6 is 0 Å². The molecule has 0 aliphatic rings. The van der Waals surface area contributed by atoms with Gasteiger partial charge in [0.25, 0.3) is 0 Å². The first-order chi connectivity index (χ1) is 1.91. The molecule has 0 radical (unpaired) electrons. The fourth-order valence-electron chi connectivity index (χ4n) is 0. The summed E-state index contributed by atoms with van der Waals surface area (Å²) in [5.74, 6) is 0. The maximum atomic E-state index is 3.48. The van der Waals surface area contributed by atoms with Crippen molar-refractivity contribution in [3.8, 4) is 0 Å². The topological polar surface area (TPSA) is 0 Å². The summed E-state index contributed by atoms with van der Waals surface area (Å²) in [7, 11) is 0. The Bertz CT molecular complexity index is 17.6. The van der Waals surface area contributed by atoms with Gasteiger partial charge in [0, 0.05) is 39.9 Å². The first kappa shape index (κ1) is 9.42. The van der Waals surface area contributed by atoms with Gasteiger partial charge in [-0.15, -0.1) is 6.58 Å². The van der Waals surface area contributed by atoms with E-state index in [4.69, 9.17) is 0 Å². The second kappa shape index (κ2) is 8.91. The molecule has 0 atom stereocenters. The van der Waals surface area contributed by atoms with Gasteiger partial charge in [-0.25, -0.2) is 0 Å². The van der Waals surface area contributed by atoms with Crippen LogP contribution in [0.1, 0.15) is 13.3 Å². The zero-order valence-electron chi connectivity index (χ0n) is 3.49. The van der Waals surface area contributed by atoms with E-state index in [0.717, 1.165) is 6.42 Å². The minimum Gasteiger partial charge on any atom is -0.103 e. The summed E-state index contributed by atoms with van der Waals surface area (Å²) in [4.78, 5) is 0. The van der Waals surface area contributed by atoms with Crippen LogP contribution in [-0.2, 0) is 0 Å². The molecule has 0 saturated heterocycles. The first-order valence-corrected chi connectivity index (χ1v) is 1.52. The van der Waals surface area contributed by atoms with Gasteiger partial charge in [-0.05, 0) is 6.42 Å². The van der Waals surface area contributed by atoms with Crippen molar-refractivity contribution in [2.75, 3.05) is 0 Å². The molecule has 0 saturated carbocycles. The summed E-state index contributed by atoms with van der Waals surface area (Å²) in [5, 5.41) is 0. The predicted octanol–water partition coefficient (Wildman–Crippen LogP) is 1.58. The number of hydrogen-bond donors (Lipinski definition) is 0. The SMILES string of the molecule is C=CCC.[Th]. The quantitative estimate of drug-likeness (QED) is 0.643. The molecule has 28 valence electrons. The zero-order valence-corrected chi connectivity index (χ0v) is 7.60. The van der Waals surface area contributed by atoms with Gasteiger partial charge in [0.1, 0.15) is 0 Å². The molecule has 0 amide bonds. The molecule has 0 aromatic carbocycles. The summed E-state index contributed by atoms with van der Waals surface area (Å²) in [6, 6.07) is 0. The van der Waals surface area contributed by atoms with Crippen molar-refractivity contribution >= 4 is 0 Å². The van der Waals surface area contributed by atoms with Crippen LogP contribution in [0.5, 0.6) is 0 Å². The largest absolute Gasteiger partial charge is 0.103 e. The van der Waals surface area contributed by atoms with E-state index in [0.29, 0.717) is 0 Å². The number of allylic oxidation sites excluding steroid dienone is 1. The molecule has 0 aromatic rings. The van der Waals surface area contributed by atoms with E-state index in [1.165, 1.54) is 0 Å². The summed E-state index contributed by atoms with van der Waals surface area (Å²) in [5.41, 5.74) is 0. The molecule has 0 bridgehead atoms. The van der Waals surface area contributed by atoms with E-state index < -0.39 is 0 Å². The number of hydrogen-bond acceptors (Lipinski definition) is 0. The minimum atomic E-state index is 0. The van der Waals surface area contributed by atoms with Crippen LogP contribution in [0.25, 0.3) is 0 Å². The predicted molar refractivity (Wildman–Crippen MR) is 20.5 cm³/mol. The fraction of sp³-hybridized carbons (Fsp3) is 0.500. The monoisotopic (exact) mass is 288 g/mol. The molecule has 0 fully saturated rings. The van der Waals surface area contributed by atoms with E-state index in [1.807, 2.05) is 6.08 Å². The Morgan fingerprint density at radius 3 is 2.00 bits per heavy atom. The van der Waals surface area contributed by atoms with E-state index in [2.05, 4.69) is 13.5 Å². The van der Waals surface area contributed by atoms with Gasteiger partial charge >= 0.3 is 0 Å². The molecule has 0 heterocycles. The van der Waals surface area contributed by atoms with Crippen LogP contribution < -0.4 is 0 Å². The van der Waals surface area contributed by atoms with Gasteiger partial charge in [0.2, 0.25) is 0 Å². The van der Waals surface area contributed by atoms with Gasteiger partial charge in [-0.3, -0.25) is 0 Å². The third kappa shape index (κ3) is 11.2. The maximum Gasteiger partial charge on any atom is 0 e. The average Bonchev–Trinajstić information content (AvgIpc) is 1.37. The molecule has 0 aliphatic carbocycles. The third-order valence-electron chi connectivity index (χ3n) is 0.289. The van der Waals surface area contributed by atoms with Gasteiger partial charge in [-0.1, -0.05) is 13.0 Å². The van der Waals surface area contributed by atoms with Crippen molar-refractivity contribution in [3.63, 3.8) is 0 Å². The van der Waals surface area contributed by atoms with E-state index >= 15 is 0 Å². The Balaban J connectivity index is 0. The Hall–Kier alpha value is 1.06. The van der Waals surface area contributed by atoms with Crippen LogP contribution in [0.2, 0.25) is 0 Å².